The average Bonchev–Trinajstić information content (AvgIpc) is 3.52. The van der Waals surface area contributed by atoms with Gasteiger partial charge in [0, 0.05) is 28.1 Å². The Morgan fingerprint density at radius 1 is 0.921 bits per heavy atom. The molecule has 0 aliphatic rings. The quantitative estimate of drug-likeness (QED) is 0.242. The van der Waals surface area contributed by atoms with E-state index >= 15 is 0 Å². The minimum atomic E-state index is -0.521. The van der Waals surface area contributed by atoms with Gasteiger partial charge < -0.3 is 10.3 Å². The van der Waals surface area contributed by atoms with Gasteiger partial charge in [0.15, 0.2) is 0 Å². The molecule has 2 aromatic carbocycles. The first-order valence-corrected chi connectivity index (χ1v) is 12.3. The van der Waals surface area contributed by atoms with Gasteiger partial charge in [0.25, 0.3) is 0 Å². The number of carbonyl (C=O) groups is 1. The third-order valence-electron chi connectivity index (χ3n) is 6.44. The summed E-state index contributed by atoms with van der Waals surface area (Å²) in [4.78, 5) is 25.1. The molecule has 0 spiro atoms. The van der Waals surface area contributed by atoms with Crippen molar-refractivity contribution in [3.05, 3.63) is 84.9 Å². The Kier molecular flexibility index (Phi) is 5.52. The molecule has 0 radical (unpaired) electrons. The zero-order chi connectivity index (χ0) is 26.4. The van der Waals surface area contributed by atoms with Crippen LogP contribution < -0.4 is 5.32 Å². The van der Waals surface area contributed by atoms with Crippen LogP contribution in [0.5, 0.6) is 0 Å². The van der Waals surface area contributed by atoms with E-state index in [1.807, 2.05) is 69.3 Å². The summed E-state index contributed by atoms with van der Waals surface area (Å²) in [6, 6.07) is 20.2. The summed E-state index contributed by atoms with van der Waals surface area (Å²) in [5, 5.41) is 11.5. The maximum absolute atomic E-state index is 13.9. The first-order chi connectivity index (χ1) is 18.3. The van der Waals surface area contributed by atoms with E-state index in [1.165, 1.54) is 12.1 Å². The molecule has 4 heterocycles. The minimum absolute atomic E-state index is 0.0894. The molecule has 3 N–H and O–H groups in total. The highest BCUT2D eigenvalue weighted by Gasteiger charge is 2.21. The summed E-state index contributed by atoms with van der Waals surface area (Å²) in [5.41, 5.74) is 7.18. The number of fused-ring (bicyclic) bond motifs is 2. The fourth-order valence-electron chi connectivity index (χ4n) is 4.41. The van der Waals surface area contributed by atoms with Crippen molar-refractivity contribution in [3.8, 4) is 33.8 Å². The van der Waals surface area contributed by atoms with Gasteiger partial charge in [0.2, 0.25) is 5.91 Å². The second kappa shape index (κ2) is 8.92. The minimum Gasteiger partial charge on any atom is -0.353 e. The predicted octanol–water partition coefficient (Wildman–Crippen LogP) is 6.96. The third-order valence-corrected chi connectivity index (χ3v) is 6.44. The van der Waals surface area contributed by atoms with Crippen molar-refractivity contribution in [3.63, 3.8) is 0 Å². The lowest BCUT2D eigenvalue weighted by atomic mass is 9.95. The van der Waals surface area contributed by atoms with Crippen molar-refractivity contribution in [2.24, 2.45) is 5.41 Å². The number of pyridine rings is 2. The van der Waals surface area contributed by atoms with Gasteiger partial charge in [0.05, 0.1) is 28.8 Å². The molecule has 0 bridgehead atoms. The van der Waals surface area contributed by atoms with E-state index in [0.717, 1.165) is 38.8 Å². The highest BCUT2D eigenvalue weighted by atomic mass is 19.1. The Morgan fingerprint density at radius 2 is 1.76 bits per heavy atom. The SMILES string of the molecule is CC(C)(C)C(=O)Nc1cncc(-c2ccc3[nH]nc(-c4cc5c(-c6cccc(F)c6)cccc5[nH]4)c3n2)c1. The smallest absolute Gasteiger partial charge is 0.229 e. The number of hydrogen-bond donors (Lipinski definition) is 3. The molecule has 6 rings (SSSR count). The summed E-state index contributed by atoms with van der Waals surface area (Å²) in [7, 11) is 0. The van der Waals surface area contributed by atoms with Gasteiger partial charge in [-0.1, -0.05) is 45.0 Å². The summed E-state index contributed by atoms with van der Waals surface area (Å²) >= 11 is 0. The number of carbonyl (C=O) groups excluding carboxylic acids is 1. The number of halogens is 1. The summed E-state index contributed by atoms with van der Waals surface area (Å²) in [6.45, 7) is 5.59. The topological polar surface area (TPSA) is 99.4 Å². The van der Waals surface area contributed by atoms with Gasteiger partial charge in [-0.3, -0.25) is 14.9 Å². The molecule has 7 nitrogen and oxygen atoms in total. The fourth-order valence-corrected chi connectivity index (χ4v) is 4.41. The van der Waals surface area contributed by atoms with Crippen LogP contribution in [0, 0.1) is 11.2 Å². The van der Waals surface area contributed by atoms with Crippen molar-refractivity contribution in [1.82, 2.24) is 25.1 Å². The maximum atomic E-state index is 13.9. The Bertz CT molecular complexity index is 1830. The number of benzene rings is 2. The van der Waals surface area contributed by atoms with E-state index in [2.05, 4.69) is 25.5 Å². The third kappa shape index (κ3) is 4.30. The average molecular weight is 505 g/mol. The molecule has 0 unspecified atom stereocenters. The van der Waals surface area contributed by atoms with Crippen LogP contribution in [-0.4, -0.2) is 31.1 Å². The van der Waals surface area contributed by atoms with Crippen LogP contribution in [0.15, 0.2) is 79.1 Å². The molecule has 0 saturated carbocycles. The van der Waals surface area contributed by atoms with E-state index in [4.69, 9.17) is 4.98 Å². The number of anilines is 1. The van der Waals surface area contributed by atoms with E-state index in [1.54, 1.807) is 18.5 Å². The molecular formula is C30H25FN6O. The van der Waals surface area contributed by atoms with Crippen LogP contribution in [0.4, 0.5) is 10.1 Å². The van der Waals surface area contributed by atoms with Gasteiger partial charge in [-0.2, -0.15) is 5.10 Å². The van der Waals surface area contributed by atoms with Crippen molar-refractivity contribution in [2.45, 2.75) is 20.8 Å². The number of H-pyrrole nitrogens is 2. The second-order valence-electron chi connectivity index (χ2n) is 10.3. The van der Waals surface area contributed by atoms with E-state index in [0.29, 0.717) is 22.6 Å². The number of nitrogens with one attached hydrogen (secondary N) is 3. The Hall–Kier alpha value is -4.85. The lowest BCUT2D eigenvalue weighted by Gasteiger charge is -2.17. The molecule has 38 heavy (non-hydrogen) atoms. The summed E-state index contributed by atoms with van der Waals surface area (Å²) in [6.07, 6.45) is 3.34. The second-order valence-corrected chi connectivity index (χ2v) is 10.3. The van der Waals surface area contributed by atoms with Gasteiger partial charge in [-0.15, -0.1) is 0 Å². The largest absolute Gasteiger partial charge is 0.353 e. The first kappa shape index (κ1) is 23.5. The van der Waals surface area contributed by atoms with Gasteiger partial charge in [0.1, 0.15) is 17.0 Å². The molecule has 4 aromatic heterocycles. The molecule has 1 amide bonds. The van der Waals surface area contributed by atoms with Gasteiger partial charge in [-0.05, 0) is 53.6 Å². The normalized spacial score (nSPS) is 11.8. The molecule has 0 aliphatic heterocycles. The van der Waals surface area contributed by atoms with Crippen molar-refractivity contribution in [1.29, 1.82) is 0 Å². The number of amides is 1. The number of nitrogens with zero attached hydrogens (tertiary/aromatic N) is 3. The standard InChI is InChI=1S/C30H25FN6O/c1-30(2,3)29(38)33-20-13-18(15-32-16-20)23-10-11-25-27(35-23)28(37-36-25)26-14-22-21(8-5-9-24(22)34-26)17-6-4-7-19(31)12-17/h4-16,34H,1-3H3,(H,33,38)(H,36,37). The molecule has 0 saturated heterocycles. The Morgan fingerprint density at radius 3 is 2.58 bits per heavy atom. The number of rotatable bonds is 4. The molecule has 188 valence electrons. The molecule has 0 fully saturated rings. The van der Waals surface area contributed by atoms with Crippen LogP contribution in [0.25, 0.3) is 55.7 Å². The lowest BCUT2D eigenvalue weighted by molar-refractivity contribution is -0.123. The lowest BCUT2D eigenvalue weighted by Crippen LogP contribution is -2.27. The molecule has 0 aliphatic carbocycles. The summed E-state index contributed by atoms with van der Waals surface area (Å²) < 4.78 is 13.9. The van der Waals surface area contributed by atoms with Crippen LogP contribution in [0.2, 0.25) is 0 Å². The van der Waals surface area contributed by atoms with Crippen molar-refractivity contribution < 1.29 is 9.18 Å². The maximum Gasteiger partial charge on any atom is 0.229 e. The number of hydrogen-bond acceptors (Lipinski definition) is 4. The van der Waals surface area contributed by atoms with E-state index < -0.39 is 5.41 Å². The number of aromatic amines is 2. The van der Waals surface area contributed by atoms with Crippen LogP contribution in [0.3, 0.4) is 0 Å². The molecule has 6 aromatic rings. The zero-order valence-electron chi connectivity index (χ0n) is 21.1. The summed E-state index contributed by atoms with van der Waals surface area (Å²) in [5.74, 6) is -0.366. The Labute approximate surface area is 218 Å². The van der Waals surface area contributed by atoms with E-state index in [-0.39, 0.29) is 11.7 Å². The fraction of sp³-hybridized carbons (Fsp3) is 0.133. The highest BCUT2D eigenvalue weighted by Crippen LogP contribution is 2.34. The number of aromatic nitrogens is 5. The highest BCUT2D eigenvalue weighted by molar-refractivity contribution is 6.00. The molecular weight excluding hydrogens is 479 g/mol. The van der Waals surface area contributed by atoms with Gasteiger partial charge >= 0.3 is 0 Å². The van der Waals surface area contributed by atoms with E-state index in [9.17, 15) is 9.18 Å². The predicted molar refractivity (Wildman–Crippen MR) is 148 cm³/mol. The van der Waals surface area contributed by atoms with Crippen LogP contribution in [0.1, 0.15) is 20.8 Å². The zero-order valence-corrected chi connectivity index (χ0v) is 21.1. The van der Waals surface area contributed by atoms with Crippen molar-refractivity contribution in [2.75, 3.05) is 5.32 Å². The van der Waals surface area contributed by atoms with Crippen LogP contribution >= 0.6 is 0 Å². The first-order valence-electron chi connectivity index (χ1n) is 12.3. The molecule has 8 heteroatoms. The molecule has 0 atom stereocenters. The Balaban J connectivity index is 1.40. The van der Waals surface area contributed by atoms with Gasteiger partial charge in [-0.25, -0.2) is 9.37 Å². The van der Waals surface area contributed by atoms with Crippen LogP contribution in [-0.2, 0) is 4.79 Å². The monoisotopic (exact) mass is 504 g/mol. The van der Waals surface area contributed by atoms with Crippen molar-refractivity contribution >= 4 is 33.5 Å².